The smallest absolute Gasteiger partial charge is 0.194 e. The SMILES string of the molecule is CN=C(NCc1cn2c(C)cccc2n1)N(C)Cc1ccc(F)cc1.I. The second-order valence-corrected chi connectivity index (χ2v) is 6.01. The molecule has 0 aliphatic heterocycles. The number of hydrogen-bond acceptors (Lipinski definition) is 2. The highest BCUT2D eigenvalue weighted by atomic mass is 127. The summed E-state index contributed by atoms with van der Waals surface area (Å²) in [5.74, 6) is 0.536. The van der Waals surface area contributed by atoms with Crippen LogP contribution in [-0.2, 0) is 13.1 Å². The van der Waals surface area contributed by atoms with Crippen LogP contribution in [-0.4, -0.2) is 34.3 Å². The molecule has 1 N–H and O–H groups in total. The number of aliphatic imine (C=N–C) groups is 1. The number of benzene rings is 1. The zero-order chi connectivity index (χ0) is 17.8. The molecule has 0 saturated heterocycles. The summed E-state index contributed by atoms with van der Waals surface area (Å²) in [7, 11) is 3.70. The Morgan fingerprint density at radius 1 is 1.23 bits per heavy atom. The topological polar surface area (TPSA) is 44.9 Å². The zero-order valence-electron chi connectivity index (χ0n) is 15.1. The van der Waals surface area contributed by atoms with Gasteiger partial charge in [-0.2, -0.15) is 0 Å². The molecule has 0 radical (unpaired) electrons. The lowest BCUT2D eigenvalue weighted by atomic mass is 10.2. The number of nitrogens with zero attached hydrogens (tertiary/aromatic N) is 4. The third-order valence-corrected chi connectivity index (χ3v) is 4.08. The van der Waals surface area contributed by atoms with Crippen LogP contribution in [0.25, 0.3) is 5.65 Å². The van der Waals surface area contributed by atoms with E-state index < -0.39 is 0 Å². The van der Waals surface area contributed by atoms with Crippen LogP contribution >= 0.6 is 24.0 Å². The Kier molecular flexibility index (Phi) is 6.96. The summed E-state index contributed by atoms with van der Waals surface area (Å²) in [5, 5.41) is 3.32. The Labute approximate surface area is 170 Å². The third kappa shape index (κ3) is 4.72. The number of hydrogen-bond donors (Lipinski definition) is 1. The third-order valence-electron chi connectivity index (χ3n) is 4.08. The molecule has 5 nitrogen and oxygen atoms in total. The van der Waals surface area contributed by atoms with Crippen LogP contribution in [0.1, 0.15) is 17.0 Å². The number of imidazole rings is 1. The quantitative estimate of drug-likeness (QED) is 0.363. The number of aryl methyl sites for hydroxylation is 1. The number of nitrogens with one attached hydrogen (secondary N) is 1. The molecule has 0 saturated carbocycles. The molecule has 2 heterocycles. The van der Waals surface area contributed by atoms with Crippen molar-refractivity contribution in [2.45, 2.75) is 20.0 Å². The molecule has 0 aliphatic carbocycles. The fourth-order valence-corrected chi connectivity index (χ4v) is 2.78. The van der Waals surface area contributed by atoms with E-state index >= 15 is 0 Å². The monoisotopic (exact) mass is 467 g/mol. The van der Waals surface area contributed by atoms with E-state index in [2.05, 4.69) is 32.7 Å². The van der Waals surface area contributed by atoms with Gasteiger partial charge < -0.3 is 14.6 Å². The number of halogens is 2. The highest BCUT2D eigenvalue weighted by Crippen LogP contribution is 2.09. The van der Waals surface area contributed by atoms with Gasteiger partial charge in [0.2, 0.25) is 0 Å². The number of aromatic nitrogens is 2. The van der Waals surface area contributed by atoms with E-state index in [1.54, 1.807) is 19.2 Å². The lowest BCUT2D eigenvalue weighted by Crippen LogP contribution is -2.38. The van der Waals surface area contributed by atoms with Gasteiger partial charge in [-0.1, -0.05) is 18.2 Å². The fourth-order valence-electron chi connectivity index (χ4n) is 2.78. The number of fused-ring (bicyclic) bond motifs is 1. The number of pyridine rings is 1. The van der Waals surface area contributed by atoms with Crippen LogP contribution < -0.4 is 5.32 Å². The largest absolute Gasteiger partial charge is 0.351 e. The first-order valence-corrected chi connectivity index (χ1v) is 8.16. The van der Waals surface area contributed by atoms with E-state index in [4.69, 9.17) is 0 Å². The van der Waals surface area contributed by atoms with Gasteiger partial charge in [-0.15, -0.1) is 24.0 Å². The second kappa shape index (κ2) is 8.98. The van der Waals surface area contributed by atoms with E-state index in [0.717, 1.165) is 28.6 Å². The summed E-state index contributed by atoms with van der Waals surface area (Å²) in [4.78, 5) is 10.9. The minimum atomic E-state index is -0.226. The maximum atomic E-state index is 13.0. The van der Waals surface area contributed by atoms with Gasteiger partial charge in [-0.25, -0.2) is 9.37 Å². The summed E-state index contributed by atoms with van der Waals surface area (Å²) in [6.45, 7) is 3.28. The highest BCUT2D eigenvalue weighted by molar-refractivity contribution is 14.0. The standard InChI is InChI=1S/C19H22FN5.HI/c1-14-5-4-6-18-23-17(13-25(14)18)11-22-19(21-2)24(3)12-15-7-9-16(20)10-8-15;/h4-10,13H,11-12H2,1-3H3,(H,21,22);1H. The zero-order valence-corrected chi connectivity index (χ0v) is 17.4. The Morgan fingerprint density at radius 3 is 2.62 bits per heavy atom. The molecule has 0 bridgehead atoms. The van der Waals surface area contributed by atoms with Crippen LogP contribution in [0.15, 0.2) is 53.7 Å². The highest BCUT2D eigenvalue weighted by Gasteiger charge is 2.09. The lowest BCUT2D eigenvalue weighted by Gasteiger charge is -2.21. The van der Waals surface area contributed by atoms with E-state index in [0.29, 0.717) is 13.1 Å². The van der Waals surface area contributed by atoms with Crippen LogP contribution in [0.2, 0.25) is 0 Å². The van der Waals surface area contributed by atoms with Gasteiger partial charge in [-0.05, 0) is 36.8 Å². The maximum absolute atomic E-state index is 13.0. The number of guanidine groups is 1. The first kappa shape index (κ1) is 20.2. The van der Waals surface area contributed by atoms with Crippen LogP contribution in [0.4, 0.5) is 4.39 Å². The van der Waals surface area contributed by atoms with Crippen LogP contribution in [0.3, 0.4) is 0 Å². The van der Waals surface area contributed by atoms with Gasteiger partial charge in [-0.3, -0.25) is 4.99 Å². The Balaban J connectivity index is 0.00000243. The Bertz CT molecular complexity index is 889. The average molecular weight is 467 g/mol. The van der Waals surface area contributed by atoms with Crippen molar-refractivity contribution in [3.8, 4) is 0 Å². The Hall–Kier alpha value is -2.16. The fraction of sp³-hybridized carbons (Fsp3) is 0.263. The van der Waals surface area contributed by atoms with Crippen molar-refractivity contribution in [3.63, 3.8) is 0 Å². The molecule has 138 valence electrons. The van der Waals surface area contributed by atoms with Crippen molar-refractivity contribution >= 4 is 35.6 Å². The molecular weight excluding hydrogens is 444 g/mol. The van der Waals surface area contributed by atoms with Crippen molar-refractivity contribution in [2.75, 3.05) is 14.1 Å². The molecule has 0 atom stereocenters. The van der Waals surface area contributed by atoms with Gasteiger partial charge in [0.1, 0.15) is 11.5 Å². The van der Waals surface area contributed by atoms with Crippen molar-refractivity contribution < 1.29 is 4.39 Å². The summed E-state index contributed by atoms with van der Waals surface area (Å²) < 4.78 is 15.1. The average Bonchev–Trinajstić information content (AvgIpc) is 3.02. The first-order valence-electron chi connectivity index (χ1n) is 8.16. The minimum absolute atomic E-state index is 0. The Morgan fingerprint density at radius 2 is 1.96 bits per heavy atom. The van der Waals surface area contributed by atoms with Crippen molar-refractivity contribution in [2.24, 2.45) is 4.99 Å². The predicted molar refractivity (Wildman–Crippen MR) is 113 cm³/mol. The van der Waals surface area contributed by atoms with Gasteiger partial charge in [0.25, 0.3) is 0 Å². The molecule has 7 heteroatoms. The molecule has 0 amide bonds. The predicted octanol–water partition coefficient (Wildman–Crippen LogP) is 3.61. The van der Waals surface area contributed by atoms with E-state index in [1.807, 2.05) is 30.3 Å². The normalized spacial score (nSPS) is 11.3. The van der Waals surface area contributed by atoms with E-state index in [-0.39, 0.29) is 29.8 Å². The summed E-state index contributed by atoms with van der Waals surface area (Å²) in [6, 6.07) is 12.6. The van der Waals surface area contributed by atoms with Gasteiger partial charge in [0.15, 0.2) is 5.96 Å². The molecular formula is C19H23FIN5. The molecule has 0 aliphatic rings. The van der Waals surface area contributed by atoms with Gasteiger partial charge in [0.05, 0.1) is 12.2 Å². The molecule has 3 rings (SSSR count). The van der Waals surface area contributed by atoms with E-state index in [9.17, 15) is 4.39 Å². The first-order chi connectivity index (χ1) is 12.1. The van der Waals surface area contributed by atoms with Gasteiger partial charge >= 0.3 is 0 Å². The van der Waals surface area contributed by atoms with Crippen LogP contribution in [0, 0.1) is 12.7 Å². The van der Waals surface area contributed by atoms with Crippen LogP contribution in [0.5, 0.6) is 0 Å². The van der Waals surface area contributed by atoms with Crippen molar-refractivity contribution in [1.29, 1.82) is 0 Å². The molecule has 0 unspecified atom stereocenters. The number of rotatable bonds is 4. The maximum Gasteiger partial charge on any atom is 0.194 e. The van der Waals surface area contributed by atoms with E-state index in [1.165, 1.54) is 12.1 Å². The van der Waals surface area contributed by atoms with Gasteiger partial charge in [0, 0.05) is 32.5 Å². The summed E-state index contributed by atoms with van der Waals surface area (Å²) in [6.07, 6.45) is 2.03. The molecule has 1 aromatic carbocycles. The molecule has 2 aromatic heterocycles. The molecule has 0 spiro atoms. The van der Waals surface area contributed by atoms with Crippen molar-refractivity contribution in [1.82, 2.24) is 19.6 Å². The molecule has 26 heavy (non-hydrogen) atoms. The summed E-state index contributed by atoms with van der Waals surface area (Å²) in [5.41, 5.74) is 4.06. The molecule has 3 aromatic rings. The minimum Gasteiger partial charge on any atom is -0.351 e. The molecule has 0 fully saturated rings. The van der Waals surface area contributed by atoms with Crippen molar-refractivity contribution in [3.05, 3.63) is 71.4 Å². The lowest BCUT2D eigenvalue weighted by molar-refractivity contribution is 0.475. The second-order valence-electron chi connectivity index (χ2n) is 6.01. The summed E-state index contributed by atoms with van der Waals surface area (Å²) >= 11 is 0.